The smallest absolute Gasteiger partial charge is 0.0863 e. The zero-order valence-corrected chi connectivity index (χ0v) is 15.3. The minimum atomic E-state index is -0.480. The minimum Gasteiger partial charge on any atom is -0.264 e. The quantitative estimate of drug-likeness (QED) is 0.485. The Hall–Kier alpha value is -1.79. The number of rotatable bonds is 9. The predicted octanol–water partition coefficient (Wildman–Crippen LogP) is 5.49. The molecular weight excluding hydrogens is 312 g/mol. The first kappa shape index (κ1) is 18.5. The van der Waals surface area contributed by atoms with Crippen molar-refractivity contribution < 1.29 is 0 Å². The molecule has 0 N–H and O–H groups in total. The second-order valence-corrected chi connectivity index (χ2v) is 6.71. The van der Waals surface area contributed by atoms with Crippen molar-refractivity contribution in [1.82, 2.24) is 4.98 Å². The van der Waals surface area contributed by atoms with E-state index >= 15 is 0 Å². The zero-order chi connectivity index (χ0) is 17.3. The highest BCUT2D eigenvalue weighted by molar-refractivity contribution is 7.79. The van der Waals surface area contributed by atoms with Gasteiger partial charge in [0.1, 0.15) is 0 Å². The molecule has 0 amide bonds. The molecule has 0 radical (unpaired) electrons. The SMILES string of the molecule is CCCCCCC(C#N)(Cc1cccnc1)c1ccc(CS)cc1. The van der Waals surface area contributed by atoms with E-state index in [2.05, 4.69) is 60.9 Å². The fourth-order valence-corrected chi connectivity index (χ4v) is 3.34. The first-order chi connectivity index (χ1) is 11.7. The van der Waals surface area contributed by atoms with E-state index in [0.29, 0.717) is 6.42 Å². The van der Waals surface area contributed by atoms with Gasteiger partial charge in [0.05, 0.1) is 11.5 Å². The average molecular weight is 339 g/mol. The third kappa shape index (κ3) is 4.85. The topological polar surface area (TPSA) is 36.7 Å². The molecule has 0 fully saturated rings. The summed E-state index contributed by atoms with van der Waals surface area (Å²) in [7, 11) is 0. The second kappa shape index (κ2) is 9.49. The fraction of sp³-hybridized carbons (Fsp3) is 0.429. The summed E-state index contributed by atoms with van der Waals surface area (Å²) in [6.45, 7) is 2.21. The van der Waals surface area contributed by atoms with Crippen molar-refractivity contribution in [3.05, 3.63) is 65.5 Å². The Kier molecular flexibility index (Phi) is 7.34. The van der Waals surface area contributed by atoms with E-state index in [1.165, 1.54) is 24.8 Å². The molecule has 1 aromatic carbocycles. The van der Waals surface area contributed by atoms with Crippen molar-refractivity contribution in [2.45, 2.75) is 56.6 Å². The first-order valence-electron chi connectivity index (χ1n) is 8.74. The van der Waals surface area contributed by atoms with E-state index in [4.69, 9.17) is 0 Å². The van der Waals surface area contributed by atoms with E-state index in [1.807, 2.05) is 12.3 Å². The highest BCUT2D eigenvalue weighted by Crippen LogP contribution is 2.34. The fourth-order valence-electron chi connectivity index (χ4n) is 3.13. The Labute approximate surface area is 151 Å². The summed E-state index contributed by atoms with van der Waals surface area (Å²) in [5, 5.41) is 10.1. The largest absolute Gasteiger partial charge is 0.264 e. The van der Waals surface area contributed by atoms with Gasteiger partial charge >= 0.3 is 0 Å². The summed E-state index contributed by atoms with van der Waals surface area (Å²) in [6, 6.07) is 15.0. The first-order valence-corrected chi connectivity index (χ1v) is 9.38. The molecule has 24 heavy (non-hydrogen) atoms. The lowest BCUT2D eigenvalue weighted by Crippen LogP contribution is -2.27. The summed E-state index contributed by atoms with van der Waals surface area (Å²) < 4.78 is 0. The Balaban J connectivity index is 2.28. The van der Waals surface area contributed by atoms with Crippen LogP contribution in [0.5, 0.6) is 0 Å². The molecule has 3 heteroatoms. The maximum Gasteiger partial charge on any atom is 0.0863 e. The van der Waals surface area contributed by atoms with Crippen LogP contribution in [0.25, 0.3) is 0 Å². The van der Waals surface area contributed by atoms with Gasteiger partial charge in [-0.05, 0) is 35.6 Å². The summed E-state index contributed by atoms with van der Waals surface area (Å²) >= 11 is 4.33. The predicted molar refractivity (Wildman–Crippen MR) is 103 cm³/mol. The highest BCUT2D eigenvalue weighted by atomic mass is 32.1. The number of benzene rings is 1. The Bertz CT molecular complexity index is 646. The van der Waals surface area contributed by atoms with Crippen LogP contribution < -0.4 is 0 Å². The van der Waals surface area contributed by atoms with Gasteiger partial charge < -0.3 is 0 Å². The third-order valence-corrected chi connectivity index (χ3v) is 4.95. The number of nitriles is 1. The van der Waals surface area contributed by atoms with Gasteiger partial charge in [-0.2, -0.15) is 17.9 Å². The molecule has 0 spiro atoms. The number of aromatic nitrogens is 1. The van der Waals surface area contributed by atoms with Gasteiger partial charge in [0.15, 0.2) is 0 Å². The molecule has 0 aliphatic carbocycles. The van der Waals surface area contributed by atoms with Gasteiger partial charge in [-0.25, -0.2) is 0 Å². The van der Waals surface area contributed by atoms with Crippen molar-refractivity contribution in [1.29, 1.82) is 5.26 Å². The van der Waals surface area contributed by atoms with E-state index in [-0.39, 0.29) is 0 Å². The normalized spacial score (nSPS) is 13.2. The van der Waals surface area contributed by atoms with E-state index in [9.17, 15) is 5.26 Å². The Morgan fingerprint density at radius 3 is 2.46 bits per heavy atom. The van der Waals surface area contributed by atoms with Gasteiger partial charge in [0.25, 0.3) is 0 Å². The molecule has 0 saturated carbocycles. The number of thiol groups is 1. The molecule has 0 aliphatic rings. The van der Waals surface area contributed by atoms with Crippen LogP contribution in [0.1, 0.15) is 55.7 Å². The van der Waals surface area contributed by atoms with Gasteiger partial charge in [-0.15, -0.1) is 0 Å². The van der Waals surface area contributed by atoms with Gasteiger partial charge in [-0.3, -0.25) is 4.98 Å². The minimum absolute atomic E-state index is 0.480. The second-order valence-electron chi connectivity index (χ2n) is 6.40. The van der Waals surface area contributed by atoms with Crippen molar-refractivity contribution in [2.75, 3.05) is 0 Å². The molecule has 2 nitrogen and oxygen atoms in total. The maximum atomic E-state index is 10.1. The Morgan fingerprint density at radius 1 is 1.08 bits per heavy atom. The standard InChI is InChI=1S/C21H26N2S/c1-2-3-4-5-12-21(17-22,14-19-7-6-13-23-15-19)20-10-8-18(16-24)9-11-20/h6-11,13,15,24H,2-5,12,14,16H2,1H3. The average Bonchev–Trinajstić information content (AvgIpc) is 2.65. The number of hydrogen-bond donors (Lipinski definition) is 1. The highest BCUT2D eigenvalue weighted by Gasteiger charge is 2.32. The molecule has 1 unspecified atom stereocenters. The molecule has 0 aliphatic heterocycles. The lowest BCUT2D eigenvalue weighted by atomic mass is 9.73. The van der Waals surface area contributed by atoms with Crippen LogP contribution in [0.15, 0.2) is 48.8 Å². The summed E-state index contributed by atoms with van der Waals surface area (Å²) in [5.41, 5.74) is 2.93. The van der Waals surface area contributed by atoms with Crippen LogP contribution in [-0.4, -0.2) is 4.98 Å². The molecule has 1 atom stereocenters. The van der Waals surface area contributed by atoms with Crippen molar-refractivity contribution >= 4 is 12.6 Å². The number of unbranched alkanes of at least 4 members (excludes halogenated alkanes) is 3. The zero-order valence-electron chi connectivity index (χ0n) is 14.4. The van der Waals surface area contributed by atoms with E-state index in [0.717, 1.165) is 29.7 Å². The van der Waals surface area contributed by atoms with Gasteiger partial charge in [0, 0.05) is 18.1 Å². The van der Waals surface area contributed by atoms with Crippen molar-refractivity contribution in [3.63, 3.8) is 0 Å². The van der Waals surface area contributed by atoms with Crippen LogP contribution in [0.2, 0.25) is 0 Å². The van der Waals surface area contributed by atoms with Crippen LogP contribution in [0.3, 0.4) is 0 Å². The van der Waals surface area contributed by atoms with E-state index in [1.54, 1.807) is 6.20 Å². The molecule has 126 valence electrons. The molecule has 0 bridgehead atoms. The molecular formula is C21H26N2S. The van der Waals surface area contributed by atoms with Gasteiger partial charge in [0.2, 0.25) is 0 Å². The van der Waals surface area contributed by atoms with Crippen LogP contribution >= 0.6 is 12.6 Å². The number of hydrogen-bond acceptors (Lipinski definition) is 3. The lowest BCUT2D eigenvalue weighted by molar-refractivity contribution is 0.462. The van der Waals surface area contributed by atoms with Crippen molar-refractivity contribution in [2.24, 2.45) is 0 Å². The molecule has 2 aromatic rings. The number of pyridine rings is 1. The van der Waals surface area contributed by atoms with E-state index < -0.39 is 5.41 Å². The maximum absolute atomic E-state index is 10.1. The van der Waals surface area contributed by atoms with Gasteiger partial charge in [-0.1, -0.05) is 62.9 Å². The summed E-state index contributed by atoms with van der Waals surface area (Å²) in [4.78, 5) is 4.21. The van der Waals surface area contributed by atoms with Crippen LogP contribution in [0.4, 0.5) is 0 Å². The van der Waals surface area contributed by atoms with Crippen LogP contribution in [-0.2, 0) is 17.6 Å². The molecule has 1 heterocycles. The molecule has 1 aromatic heterocycles. The lowest BCUT2D eigenvalue weighted by Gasteiger charge is -2.28. The third-order valence-electron chi connectivity index (χ3n) is 4.59. The number of nitrogens with zero attached hydrogens (tertiary/aromatic N) is 2. The summed E-state index contributed by atoms with van der Waals surface area (Å²) in [6.07, 6.45) is 9.95. The Morgan fingerprint density at radius 2 is 1.88 bits per heavy atom. The molecule has 0 saturated heterocycles. The summed E-state index contributed by atoms with van der Waals surface area (Å²) in [5.74, 6) is 0.721. The van der Waals surface area contributed by atoms with Crippen molar-refractivity contribution in [3.8, 4) is 6.07 Å². The van der Waals surface area contributed by atoms with Crippen LogP contribution in [0, 0.1) is 11.3 Å². The monoisotopic (exact) mass is 338 g/mol. The molecule has 2 rings (SSSR count).